The normalized spacial score (nSPS) is 7.23. The molecule has 0 bridgehead atoms. The van der Waals surface area contributed by atoms with Gasteiger partial charge in [0.2, 0.25) is 0 Å². The molecule has 0 saturated carbocycles. The molecule has 0 radical (unpaired) electrons. The van der Waals surface area contributed by atoms with E-state index < -0.39 is 0 Å². The Hall–Kier alpha value is 1.48. The van der Waals surface area contributed by atoms with Crippen LogP contribution in [0.5, 0.6) is 0 Å². The van der Waals surface area contributed by atoms with Gasteiger partial charge in [0.1, 0.15) is 8.64 Å². The van der Waals surface area contributed by atoms with Crippen molar-refractivity contribution in [3.05, 3.63) is 0 Å². The summed E-state index contributed by atoms with van der Waals surface area (Å²) >= 11 is 16.9. The minimum atomic E-state index is 0. The van der Waals surface area contributed by atoms with Gasteiger partial charge in [-0.05, 0) is 0 Å². The second kappa shape index (κ2) is 11.6. The molecular formula is C6H15N2NaS4. The zero-order chi connectivity index (χ0) is 10.3. The van der Waals surface area contributed by atoms with Gasteiger partial charge in [0.15, 0.2) is 0 Å². The number of rotatable bonds is 0. The van der Waals surface area contributed by atoms with Crippen molar-refractivity contribution in [1.82, 2.24) is 9.80 Å². The van der Waals surface area contributed by atoms with E-state index in [1.54, 1.807) is 9.80 Å². The molecular weight excluding hydrogens is 251 g/mol. The van der Waals surface area contributed by atoms with Gasteiger partial charge in [-0.1, -0.05) is 24.4 Å². The van der Waals surface area contributed by atoms with Gasteiger partial charge < -0.3 is 9.80 Å². The molecule has 0 saturated heterocycles. The van der Waals surface area contributed by atoms with Gasteiger partial charge in [-0.2, -0.15) is 0 Å². The standard InChI is InChI=1S/2C3H7NS2.Na.H/c2*1-4(2)3(5)6;;/h2*1-2H3,(H,5,6);;. The van der Waals surface area contributed by atoms with Gasteiger partial charge in [0.05, 0.1) is 0 Å². The van der Waals surface area contributed by atoms with E-state index in [0.717, 1.165) is 0 Å². The molecule has 0 amide bonds. The Balaban J connectivity index is -0.000000143. The minimum absolute atomic E-state index is 0. The summed E-state index contributed by atoms with van der Waals surface area (Å²) in [5.74, 6) is 0. The second-order valence-electron chi connectivity index (χ2n) is 2.35. The Morgan fingerprint density at radius 3 is 0.923 bits per heavy atom. The molecule has 0 rings (SSSR count). The SMILES string of the molecule is CN(C)C(=S)S.CN(C)C(=S)S.[NaH]. The third kappa shape index (κ3) is 19.8. The molecule has 0 aromatic rings. The van der Waals surface area contributed by atoms with Crippen LogP contribution in [-0.2, 0) is 0 Å². The first-order chi connectivity index (χ1) is 5.29. The predicted molar refractivity (Wildman–Crippen MR) is 77.7 cm³/mol. The van der Waals surface area contributed by atoms with Crippen molar-refractivity contribution in [3.63, 3.8) is 0 Å². The molecule has 0 aromatic carbocycles. The molecule has 74 valence electrons. The Morgan fingerprint density at radius 1 is 0.846 bits per heavy atom. The van der Waals surface area contributed by atoms with Crippen molar-refractivity contribution in [2.75, 3.05) is 28.2 Å². The molecule has 0 aliphatic rings. The summed E-state index contributed by atoms with van der Waals surface area (Å²) in [5, 5.41) is 0. The number of hydrogen-bond acceptors (Lipinski definition) is 2. The van der Waals surface area contributed by atoms with E-state index in [1.165, 1.54) is 0 Å². The molecule has 7 heteroatoms. The topological polar surface area (TPSA) is 6.48 Å². The molecule has 0 aliphatic carbocycles. The number of thiocarbonyl (C=S) groups is 2. The van der Waals surface area contributed by atoms with Gasteiger partial charge in [-0.15, -0.1) is 25.3 Å². The number of nitrogens with zero attached hydrogens (tertiary/aromatic N) is 2. The van der Waals surface area contributed by atoms with Crippen LogP contribution in [0.3, 0.4) is 0 Å². The van der Waals surface area contributed by atoms with Crippen LogP contribution in [0.2, 0.25) is 0 Å². The fraction of sp³-hybridized carbons (Fsp3) is 0.667. The van der Waals surface area contributed by atoms with E-state index in [9.17, 15) is 0 Å². The third-order valence-electron chi connectivity index (χ3n) is 0.765. The molecule has 2 nitrogen and oxygen atoms in total. The van der Waals surface area contributed by atoms with E-state index >= 15 is 0 Å². The van der Waals surface area contributed by atoms with E-state index in [4.69, 9.17) is 0 Å². The molecule has 0 N–H and O–H groups in total. The summed E-state index contributed by atoms with van der Waals surface area (Å²) in [6.07, 6.45) is 0. The number of thiol groups is 2. The quantitative estimate of drug-likeness (QED) is 0.381. The number of hydrogen-bond donors (Lipinski definition) is 2. The van der Waals surface area contributed by atoms with Crippen LogP contribution in [-0.4, -0.2) is 76.2 Å². The van der Waals surface area contributed by atoms with Gasteiger partial charge in [0, 0.05) is 28.2 Å². The maximum absolute atomic E-state index is 4.61. The molecule has 0 aromatic heterocycles. The summed E-state index contributed by atoms with van der Waals surface area (Å²) in [5.41, 5.74) is 0. The molecule has 0 fully saturated rings. The Labute approximate surface area is 125 Å². The molecule has 0 aliphatic heterocycles. The van der Waals surface area contributed by atoms with Crippen molar-refractivity contribution in [2.45, 2.75) is 0 Å². The Kier molecular flexibility index (Phi) is 17.7. The van der Waals surface area contributed by atoms with Gasteiger partial charge in [0.25, 0.3) is 0 Å². The van der Waals surface area contributed by atoms with Gasteiger partial charge >= 0.3 is 29.6 Å². The zero-order valence-corrected chi connectivity index (χ0v) is 11.0. The average molecular weight is 266 g/mol. The van der Waals surface area contributed by atoms with E-state index in [2.05, 4.69) is 49.7 Å². The first-order valence-corrected chi connectivity index (χ1v) is 4.80. The van der Waals surface area contributed by atoms with Crippen molar-refractivity contribution >= 4 is 87.9 Å². The Bertz CT molecular complexity index is 143. The van der Waals surface area contributed by atoms with Crippen molar-refractivity contribution in [1.29, 1.82) is 0 Å². The van der Waals surface area contributed by atoms with Crippen LogP contribution >= 0.6 is 49.7 Å². The van der Waals surface area contributed by atoms with E-state index in [-0.39, 0.29) is 29.6 Å². The summed E-state index contributed by atoms with van der Waals surface area (Å²) in [4.78, 5) is 3.52. The molecule has 0 unspecified atom stereocenters. The zero-order valence-electron chi connectivity index (χ0n) is 7.61. The van der Waals surface area contributed by atoms with Crippen molar-refractivity contribution in [3.8, 4) is 0 Å². The van der Waals surface area contributed by atoms with Crippen molar-refractivity contribution < 1.29 is 0 Å². The first-order valence-electron chi connectivity index (χ1n) is 3.09. The Morgan fingerprint density at radius 2 is 0.923 bits per heavy atom. The summed E-state index contributed by atoms with van der Waals surface area (Å²) in [7, 11) is 7.43. The van der Waals surface area contributed by atoms with E-state index in [0.29, 0.717) is 8.64 Å². The maximum atomic E-state index is 4.61. The fourth-order valence-electron chi connectivity index (χ4n) is 0. The summed E-state index contributed by atoms with van der Waals surface area (Å²) in [6.45, 7) is 0. The molecule has 0 atom stereocenters. The summed E-state index contributed by atoms with van der Waals surface area (Å²) in [6, 6.07) is 0. The van der Waals surface area contributed by atoms with Gasteiger partial charge in [-0.3, -0.25) is 0 Å². The summed E-state index contributed by atoms with van der Waals surface area (Å²) < 4.78 is 1.24. The van der Waals surface area contributed by atoms with Gasteiger partial charge in [-0.25, -0.2) is 0 Å². The first kappa shape index (κ1) is 20.0. The van der Waals surface area contributed by atoms with Crippen LogP contribution in [0.1, 0.15) is 0 Å². The average Bonchev–Trinajstić information content (AvgIpc) is 1.88. The van der Waals surface area contributed by atoms with Crippen LogP contribution in [0.4, 0.5) is 0 Å². The van der Waals surface area contributed by atoms with E-state index in [1.807, 2.05) is 28.2 Å². The van der Waals surface area contributed by atoms with Crippen LogP contribution in [0.25, 0.3) is 0 Å². The van der Waals surface area contributed by atoms with Crippen molar-refractivity contribution in [2.24, 2.45) is 0 Å². The monoisotopic (exact) mass is 266 g/mol. The van der Waals surface area contributed by atoms with Crippen LogP contribution in [0, 0.1) is 0 Å². The van der Waals surface area contributed by atoms with Crippen LogP contribution < -0.4 is 0 Å². The molecule has 0 spiro atoms. The molecule has 13 heavy (non-hydrogen) atoms. The second-order valence-corrected chi connectivity index (χ2v) is 4.58. The fourth-order valence-corrected chi connectivity index (χ4v) is 0. The van der Waals surface area contributed by atoms with Crippen LogP contribution in [0.15, 0.2) is 0 Å². The predicted octanol–water partition coefficient (Wildman–Crippen LogP) is 0.877. The third-order valence-corrected chi connectivity index (χ3v) is 2.30. The molecule has 0 heterocycles.